The summed E-state index contributed by atoms with van der Waals surface area (Å²) in [7, 11) is 0. The highest BCUT2D eigenvalue weighted by Gasteiger charge is 2.56. The van der Waals surface area contributed by atoms with E-state index in [1.54, 1.807) is 0 Å². The van der Waals surface area contributed by atoms with E-state index in [9.17, 15) is 4.79 Å². The van der Waals surface area contributed by atoms with Gasteiger partial charge in [-0.15, -0.1) is 0 Å². The molecule has 94 valence electrons. The van der Waals surface area contributed by atoms with Crippen molar-refractivity contribution in [1.29, 1.82) is 0 Å². The minimum Gasteiger partial charge on any atom is -0.350 e. The highest BCUT2D eigenvalue weighted by molar-refractivity contribution is 5.81. The van der Waals surface area contributed by atoms with E-state index >= 15 is 0 Å². The maximum absolute atomic E-state index is 12.1. The molecular formula is C15H23NO. The Labute approximate surface area is 104 Å². The number of amides is 1. The van der Waals surface area contributed by atoms with Gasteiger partial charge in [-0.3, -0.25) is 4.79 Å². The molecule has 1 amide bonds. The number of carbonyl (C=O) groups excluding carboxylic acids is 1. The van der Waals surface area contributed by atoms with Gasteiger partial charge in [0.05, 0.1) is 0 Å². The van der Waals surface area contributed by atoms with Crippen LogP contribution in [0.4, 0.5) is 0 Å². The Morgan fingerprint density at radius 3 is 2.29 bits per heavy atom. The predicted molar refractivity (Wildman–Crippen MR) is 66.4 cm³/mol. The van der Waals surface area contributed by atoms with Crippen molar-refractivity contribution in [2.45, 2.75) is 63.8 Å². The molecule has 0 heterocycles. The normalized spacial score (nSPS) is 51.6. The van der Waals surface area contributed by atoms with Gasteiger partial charge < -0.3 is 5.32 Å². The van der Waals surface area contributed by atoms with Crippen molar-refractivity contribution in [3.8, 4) is 0 Å². The first kappa shape index (κ1) is 10.4. The molecule has 2 heteroatoms. The zero-order valence-corrected chi connectivity index (χ0v) is 10.8. The fraction of sp³-hybridized carbons (Fsp3) is 0.933. The van der Waals surface area contributed by atoms with Crippen LogP contribution in [0, 0.1) is 23.2 Å². The molecule has 4 bridgehead atoms. The zero-order chi connectivity index (χ0) is 11.7. The lowest BCUT2D eigenvalue weighted by atomic mass is 9.47. The van der Waals surface area contributed by atoms with Gasteiger partial charge in [0.1, 0.15) is 0 Å². The molecule has 5 fully saturated rings. The topological polar surface area (TPSA) is 29.1 Å². The monoisotopic (exact) mass is 233 g/mol. The number of hydrogen-bond donors (Lipinski definition) is 1. The molecule has 5 rings (SSSR count). The third-order valence-corrected chi connectivity index (χ3v) is 5.69. The second kappa shape index (κ2) is 3.07. The number of carbonyl (C=O) groups is 1. The number of hydrogen-bond acceptors (Lipinski definition) is 1. The highest BCUT2D eigenvalue weighted by atomic mass is 16.2. The van der Waals surface area contributed by atoms with Crippen LogP contribution in [0.25, 0.3) is 0 Å². The second-order valence-electron chi connectivity index (χ2n) is 7.82. The molecule has 0 spiro atoms. The van der Waals surface area contributed by atoms with Crippen LogP contribution in [0.3, 0.4) is 0 Å². The van der Waals surface area contributed by atoms with E-state index in [-0.39, 0.29) is 5.54 Å². The van der Waals surface area contributed by atoms with Crippen LogP contribution in [0.2, 0.25) is 0 Å². The molecule has 0 aliphatic heterocycles. The molecule has 17 heavy (non-hydrogen) atoms. The molecule has 5 aliphatic rings. The molecule has 5 aliphatic carbocycles. The first-order chi connectivity index (χ1) is 8.06. The predicted octanol–water partition coefficient (Wildman–Crippen LogP) is 2.87. The summed E-state index contributed by atoms with van der Waals surface area (Å²) in [6.45, 7) is 2.46. The fourth-order valence-electron chi connectivity index (χ4n) is 5.58. The van der Waals surface area contributed by atoms with E-state index in [0.717, 1.165) is 24.7 Å². The summed E-state index contributed by atoms with van der Waals surface area (Å²) in [6.07, 6.45) is 10.4. The second-order valence-corrected chi connectivity index (χ2v) is 7.82. The molecule has 2 atom stereocenters. The fourth-order valence-corrected chi connectivity index (χ4v) is 5.58. The summed E-state index contributed by atoms with van der Waals surface area (Å²) in [5.74, 6) is 2.55. The number of nitrogens with one attached hydrogen (secondary N) is 1. The van der Waals surface area contributed by atoms with Gasteiger partial charge in [0.2, 0.25) is 5.91 Å². The SMILES string of the molecule is CC12C[C@H]3C[C@H](C1)CC(NC(=O)C1CC1)(C3)C2. The van der Waals surface area contributed by atoms with E-state index in [1.165, 1.54) is 38.5 Å². The highest BCUT2D eigenvalue weighted by Crippen LogP contribution is 2.61. The lowest BCUT2D eigenvalue weighted by Gasteiger charge is -2.61. The molecule has 2 nitrogen and oxygen atoms in total. The summed E-state index contributed by atoms with van der Waals surface area (Å²) >= 11 is 0. The van der Waals surface area contributed by atoms with Crippen molar-refractivity contribution in [2.24, 2.45) is 23.2 Å². The smallest absolute Gasteiger partial charge is 0.223 e. The Bertz CT molecular complexity index is 357. The van der Waals surface area contributed by atoms with E-state index in [4.69, 9.17) is 0 Å². The molecule has 0 aromatic carbocycles. The maximum Gasteiger partial charge on any atom is 0.223 e. The van der Waals surface area contributed by atoms with Gasteiger partial charge in [-0.1, -0.05) is 6.92 Å². The van der Waals surface area contributed by atoms with Gasteiger partial charge in [0.15, 0.2) is 0 Å². The summed E-state index contributed by atoms with van der Waals surface area (Å²) < 4.78 is 0. The summed E-state index contributed by atoms with van der Waals surface area (Å²) in [4.78, 5) is 12.1. The van der Waals surface area contributed by atoms with Gasteiger partial charge >= 0.3 is 0 Å². The van der Waals surface area contributed by atoms with Crippen LogP contribution in [-0.2, 0) is 4.79 Å². The Balaban J connectivity index is 1.58. The van der Waals surface area contributed by atoms with Crippen LogP contribution in [0.1, 0.15) is 58.3 Å². The van der Waals surface area contributed by atoms with Crippen molar-refractivity contribution in [3.05, 3.63) is 0 Å². The minimum atomic E-state index is 0.207. The van der Waals surface area contributed by atoms with Gasteiger partial charge in [-0.25, -0.2) is 0 Å². The maximum atomic E-state index is 12.1. The van der Waals surface area contributed by atoms with Crippen LogP contribution in [-0.4, -0.2) is 11.4 Å². The minimum absolute atomic E-state index is 0.207. The van der Waals surface area contributed by atoms with Crippen LogP contribution >= 0.6 is 0 Å². The van der Waals surface area contributed by atoms with Gasteiger partial charge in [-0.05, 0) is 68.6 Å². The Morgan fingerprint density at radius 1 is 1.12 bits per heavy atom. The van der Waals surface area contributed by atoms with Crippen molar-refractivity contribution >= 4 is 5.91 Å². The Kier molecular flexibility index (Phi) is 1.88. The van der Waals surface area contributed by atoms with Crippen LogP contribution < -0.4 is 5.32 Å². The Hall–Kier alpha value is -0.530. The largest absolute Gasteiger partial charge is 0.350 e. The van der Waals surface area contributed by atoms with Crippen molar-refractivity contribution < 1.29 is 4.79 Å². The molecular weight excluding hydrogens is 210 g/mol. The van der Waals surface area contributed by atoms with E-state index in [1.807, 2.05) is 0 Å². The third kappa shape index (κ3) is 1.63. The molecule has 5 saturated carbocycles. The summed E-state index contributed by atoms with van der Waals surface area (Å²) in [5, 5.41) is 3.47. The summed E-state index contributed by atoms with van der Waals surface area (Å²) in [6, 6.07) is 0. The molecule has 0 aromatic rings. The number of rotatable bonds is 2. The third-order valence-electron chi connectivity index (χ3n) is 5.69. The van der Waals surface area contributed by atoms with Crippen molar-refractivity contribution in [1.82, 2.24) is 5.32 Å². The zero-order valence-electron chi connectivity index (χ0n) is 10.8. The molecule has 0 unspecified atom stereocenters. The average Bonchev–Trinajstić information content (AvgIpc) is 2.93. The van der Waals surface area contributed by atoms with E-state index in [0.29, 0.717) is 17.2 Å². The average molecular weight is 233 g/mol. The van der Waals surface area contributed by atoms with Crippen molar-refractivity contribution in [3.63, 3.8) is 0 Å². The van der Waals surface area contributed by atoms with Gasteiger partial charge in [0.25, 0.3) is 0 Å². The lowest BCUT2D eigenvalue weighted by Crippen LogP contribution is -2.62. The Morgan fingerprint density at radius 2 is 1.76 bits per heavy atom. The molecule has 1 N–H and O–H groups in total. The van der Waals surface area contributed by atoms with Crippen LogP contribution in [0.5, 0.6) is 0 Å². The first-order valence-electron chi connectivity index (χ1n) is 7.38. The van der Waals surface area contributed by atoms with E-state index < -0.39 is 0 Å². The quantitative estimate of drug-likeness (QED) is 0.780. The van der Waals surface area contributed by atoms with E-state index in [2.05, 4.69) is 12.2 Å². The first-order valence-corrected chi connectivity index (χ1v) is 7.38. The molecule has 0 aromatic heterocycles. The summed E-state index contributed by atoms with van der Waals surface area (Å²) in [5.41, 5.74) is 0.749. The molecule has 0 saturated heterocycles. The van der Waals surface area contributed by atoms with Crippen LogP contribution in [0.15, 0.2) is 0 Å². The van der Waals surface area contributed by atoms with Crippen molar-refractivity contribution in [2.75, 3.05) is 0 Å². The lowest BCUT2D eigenvalue weighted by molar-refractivity contribution is -0.131. The van der Waals surface area contributed by atoms with Gasteiger partial charge in [0, 0.05) is 11.5 Å². The standard InChI is InChI=1S/C15H23NO/c1-14-5-10-4-11(6-14)8-15(7-10,9-14)16-13(17)12-2-3-12/h10-12H,2-9H2,1H3,(H,16,17)/t10-,11-,14?,15?/m1/s1. The molecule has 0 radical (unpaired) electrons. The van der Waals surface area contributed by atoms with Gasteiger partial charge in [-0.2, -0.15) is 0 Å².